The zero-order valence-electron chi connectivity index (χ0n) is 10.1. The van der Waals surface area contributed by atoms with Crippen LogP contribution in [0, 0.1) is 5.82 Å². The van der Waals surface area contributed by atoms with Gasteiger partial charge in [-0.1, -0.05) is 20.4 Å². The second-order valence-corrected chi connectivity index (χ2v) is 5.00. The van der Waals surface area contributed by atoms with Crippen molar-refractivity contribution in [2.75, 3.05) is 13.2 Å². The molecule has 0 bridgehead atoms. The third-order valence-corrected chi connectivity index (χ3v) is 2.70. The van der Waals surface area contributed by atoms with Gasteiger partial charge in [-0.15, -0.1) is 0 Å². The quantitative estimate of drug-likeness (QED) is 0.812. The highest BCUT2D eigenvalue weighted by Gasteiger charge is 2.02. The average Bonchev–Trinajstić information content (AvgIpc) is 2.28. The van der Waals surface area contributed by atoms with Gasteiger partial charge >= 0.3 is 0 Å². The van der Waals surface area contributed by atoms with Gasteiger partial charge in [-0.25, -0.2) is 4.39 Å². The molecule has 1 N–H and O–H groups in total. The first kappa shape index (κ1) is 14.2. The van der Waals surface area contributed by atoms with E-state index in [-0.39, 0.29) is 5.82 Å². The molecule has 1 rings (SSSR count). The van der Waals surface area contributed by atoms with Crippen molar-refractivity contribution < 1.29 is 9.13 Å². The second kappa shape index (κ2) is 6.77. The van der Waals surface area contributed by atoms with Gasteiger partial charge in [0.1, 0.15) is 18.2 Å². The molecule has 1 aromatic carbocycles. The summed E-state index contributed by atoms with van der Waals surface area (Å²) in [6.07, 6.45) is 0. The van der Waals surface area contributed by atoms with Crippen LogP contribution in [0.25, 0.3) is 0 Å². The molecule has 0 unspecified atom stereocenters. The molecular weight excluding hydrogens is 285 g/mol. The van der Waals surface area contributed by atoms with Gasteiger partial charge in [0.25, 0.3) is 0 Å². The lowest BCUT2D eigenvalue weighted by molar-refractivity contribution is 0.346. The summed E-state index contributed by atoms with van der Waals surface area (Å²) in [5, 5.41) is 3.25. The van der Waals surface area contributed by atoms with Crippen LogP contribution in [0.3, 0.4) is 0 Å². The van der Waals surface area contributed by atoms with Crippen molar-refractivity contribution in [3.63, 3.8) is 0 Å². The van der Waals surface area contributed by atoms with Crippen LogP contribution in [0.5, 0.6) is 5.75 Å². The molecule has 0 heterocycles. The Balaban J connectivity index is 2.39. The molecule has 0 atom stereocenters. The van der Waals surface area contributed by atoms with Crippen molar-refractivity contribution in [1.82, 2.24) is 5.32 Å². The molecule has 0 aliphatic carbocycles. The number of hydrogen-bond acceptors (Lipinski definition) is 2. The topological polar surface area (TPSA) is 21.3 Å². The molecule has 0 aliphatic heterocycles. The van der Waals surface area contributed by atoms with Crippen LogP contribution in [-0.4, -0.2) is 19.2 Å². The molecule has 0 aromatic heterocycles. The molecule has 1 aromatic rings. The number of hydrogen-bond donors (Lipinski definition) is 1. The number of ether oxygens (including phenoxy) is 1. The summed E-state index contributed by atoms with van der Waals surface area (Å²) in [4.78, 5) is 0. The number of halogens is 2. The summed E-state index contributed by atoms with van der Waals surface area (Å²) in [5.41, 5.74) is 0.958. The highest BCUT2D eigenvalue weighted by atomic mass is 79.9. The highest BCUT2D eigenvalue weighted by Crippen LogP contribution is 2.21. The monoisotopic (exact) mass is 301 g/mol. The molecule has 0 spiro atoms. The van der Waals surface area contributed by atoms with Gasteiger partial charge in [-0.2, -0.15) is 0 Å². The van der Waals surface area contributed by atoms with E-state index >= 15 is 0 Å². The fourth-order valence-corrected chi connectivity index (χ4v) is 1.51. The molecule has 2 nitrogen and oxygen atoms in total. The summed E-state index contributed by atoms with van der Waals surface area (Å²) in [7, 11) is 0. The zero-order chi connectivity index (χ0) is 12.8. The number of rotatable bonds is 6. The third kappa shape index (κ3) is 5.33. The Labute approximate surface area is 110 Å². The van der Waals surface area contributed by atoms with Crippen LogP contribution in [0.4, 0.5) is 4.39 Å². The van der Waals surface area contributed by atoms with E-state index in [4.69, 9.17) is 4.74 Å². The van der Waals surface area contributed by atoms with Gasteiger partial charge in [0.05, 0.1) is 4.47 Å². The molecule has 0 radical (unpaired) electrons. The lowest BCUT2D eigenvalue weighted by atomic mass is 10.3. The Hall–Kier alpha value is -0.870. The Morgan fingerprint density at radius 1 is 1.53 bits per heavy atom. The summed E-state index contributed by atoms with van der Waals surface area (Å²) in [6, 6.07) is 5.00. The maximum Gasteiger partial charge on any atom is 0.137 e. The lowest BCUT2D eigenvalue weighted by Gasteiger charge is -2.12. The normalized spacial score (nSPS) is 10.6. The standard InChI is InChI=1S/C13H17BrFNO/c1-9(2)16-7-10(3)8-17-11-4-5-13(15)12(14)6-11/h4-6,9,16H,3,7-8H2,1-2H3. The fraction of sp³-hybridized carbons (Fsp3) is 0.385. The van der Waals surface area contributed by atoms with E-state index in [1.807, 2.05) is 0 Å². The zero-order valence-corrected chi connectivity index (χ0v) is 11.7. The molecule has 0 amide bonds. The van der Waals surface area contributed by atoms with Crippen molar-refractivity contribution in [2.45, 2.75) is 19.9 Å². The maximum absolute atomic E-state index is 13.0. The van der Waals surface area contributed by atoms with Crippen molar-refractivity contribution in [3.8, 4) is 5.75 Å². The summed E-state index contributed by atoms with van der Waals surface area (Å²) >= 11 is 3.11. The summed E-state index contributed by atoms with van der Waals surface area (Å²) in [6.45, 7) is 9.21. The van der Waals surface area contributed by atoms with Crippen molar-refractivity contribution in [1.29, 1.82) is 0 Å². The van der Waals surface area contributed by atoms with Crippen LogP contribution in [0.2, 0.25) is 0 Å². The molecular formula is C13H17BrFNO. The molecule has 17 heavy (non-hydrogen) atoms. The number of benzene rings is 1. The molecule has 0 aliphatic rings. The van der Waals surface area contributed by atoms with Gasteiger partial charge in [0.15, 0.2) is 0 Å². The second-order valence-electron chi connectivity index (χ2n) is 4.15. The van der Waals surface area contributed by atoms with Gasteiger partial charge in [-0.05, 0) is 39.7 Å². The van der Waals surface area contributed by atoms with Gasteiger partial charge < -0.3 is 10.1 Å². The van der Waals surface area contributed by atoms with Crippen molar-refractivity contribution in [3.05, 3.63) is 40.6 Å². The smallest absolute Gasteiger partial charge is 0.137 e. The fourth-order valence-electron chi connectivity index (χ4n) is 1.15. The van der Waals surface area contributed by atoms with Crippen LogP contribution in [0.1, 0.15) is 13.8 Å². The van der Waals surface area contributed by atoms with Crippen molar-refractivity contribution >= 4 is 15.9 Å². The highest BCUT2D eigenvalue weighted by molar-refractivity contribution is 9.10. The number of nitrogens with one attached hydrogen (secondary N) is 1. The molecule has 0 fully saturated rings. The van der Waals surface area contributed by atoms with Crippen LogP contribution < -0.4 is 10.1 Å². The van der Waals surface area contributed by atoms with E-state index in [0.29, 0.717) is 22.9 Å². The molecule has 0 saturated heterocycles. The first-order valence-electron chi connectivity index (χ1n) is 5.47. The molecule has 4 heteroatoms. The minimum atomic E-state index is -0.294. The molecule has 0 saturated carbocycles. The predicted octanol–water partition coefficient (Wildman–Crippen LogP) is 3.52. The van der Waals surface area contributed by atoms with E-state index in [1.165, 1.54) is 6.07 Å². The minimum Gasteiger partial charge on any atom is -0.489 e. The first-order valence-corrected chi connectivity index (χ1v) is 6.26. The van der Waals surface area contributed by atoms with E-state index < -0.39 is 0 Å². The van der Waals surface area contributed by atoms with Crippen LogP contribution in [-0.2, 0) is 0 Å². The summed E-state index contributed by atoms with van der Waals surface area (Å²) < 4.78 is 18.9. The maximum atomic E-state index is 13.0. The Morgan fingerprint density at radius 3 is 2.82 bits per heavy atom. The summed E-state index contributed by atoms with van der Waals surface area (Å²) in [5.74, 6) is 0.335. The van der Waals surface area contributed by atoms with Gasteiger partial charge in [0, 0.05) is 12.6 Å². The largest absolute Gasteiger partial charge is 0.489 e. The van der Waals surface area contributed by atoms with Crippen molar-refractivity contribution in [2.24, 2.45) is 0 Å². The molecule has 94 valence electrons. The van der Waals surface area contributed by atoms with E-state index in [2.05, 4.69) is 41.7 Å². The third-order valence-electron chi connectivity index (χ3n) is 2.09. The first-order chi connectivity index (χ1) is 7.99. The Bertz CT molecular complexity index is 393. The van der Waals surface area contributed by atoms with E-state index in [0.717, 1.165) is 12.1 Å². The van der Waals surface area contributed by atoms with E-state index in [1.54, 1.807) is 12.1 Å². The SMILES string of the molecule is C=C(CNC(C)C)COc1ccc(F)c(Br)c1. The predicted molar refractivity (Wildman–Crippen MR) is 71.9 cm³/mol. The Kier molecular flexibility index (Phi) is 5.65. The van der Waals surface area contributed by atoms with Crippen LogP contribution in [0.15, 0.2) is 34.8 Å². The van der Waals surface area contributed by atoms with Gasteiger partial charge in [-0.3, -0.25) is 0 Å². The Morgan fingerprint density at radius 2 is 2.24 bits per heavy atom. The lowest BCUT2D eigenvalue weighted by Crippen LogP contribution is -2.26. The average molecular weight is 302 g/mol. The van der Waals surface area contributed by atoms with E-state index in [9.17, 15) is 4.39 Å². The minimum absolute atomic E-state index is 0.294. The van der Waals surface area contributed by atoms with Crippen LogP contribution >= 0.6 is 15.9 Å². The van der Waals surface area contributed by atoms with Gasteiger partial charge in [0.2, 0.25) is 0 Å².